The lowest BCUT2D eigenvalue weighted by molar-refractivity contribution is 0.00899. The summed E-state index contributed by atoms with van der Waals surface area (Å²) in [6, 6.07) is 4.15. The predicted octanol–water partition coefficient (Wildman–Crippen LogP) is 2.67. The minimum atomic E-state index is 0.146. The molecule has 0 aliphatic heterocycles. The van der Waals surface area contributed by atoms with E-state index in [4.69, 9.17) is 5.73 Å². The third-order valence-corrected chi connectivity index (χ3v) is 4.97. The number of hydrogen-bond donors (Lipinski definition) is 1. The maximum atomic E-state index is 6.19. The minimum Gasteiger partial charge on any atom is -0.329 e. The van der Waals surface area contributed by atoms with Crippen LogP contribution in [0.3, 0.4) is 0 Å². The van der Waals surface area contributed by atoms with Gasteiger partial charge in [-0.25, -0.2) is 0 Å². The quantitative estimate of drug-likeness (QED) is 0.906. The van der Waals surface area contributed by atoms with Gasteiger partial charge in [-0.15, -0.1) is 0 Å². The smallest absolute Gasteiger partial charge is 0.0360 e. The molecule has 3 atom stereocenters. The number of nitrogens with zero attached hydrogens (tertiary/aromatic N) is 2. The fourth-order valence-corrected chi connectivity index (χ4v) is 3.61. The summed E-state index contributed by atoms with van der Waals surface area (Å²) in [6.07, 6.45) is 7.62. The summed E-state index contributed by atoms with van der Waals surface area (Å²) in [5, 5.41) is 0. The van der Waals surface area contributed by atoms with Crippen molar-refractivity contribution < 1.29 is 0 Å². The lowest BCUT2D eigenvalue weighted by atomic mass is 9.68. The summed E-state index contributed by atoms with van der Waals surface area (Å²) < 4.78 is 0. The molecule has 1 aromatic rings. The SMILES string of the molecule is CC1CCC(C)C(CN)(N(C)Cc2cccnc2)C1. The standard InChI is InChI=1S/C16H27N3/c1-13-6-7-14(2)16(9-13,12-17)19(3)11-15-5-4-8-18-10-15/h4-5,8,10,13-14H,6-7,9,11-12,17H2,1-3H3. The van der Waals surface area contributed by atoms with Crippen LogP contribution in [0.15, 0.2) is 24.5 Å². The van der Waals surface area contributed by atoms with Crippen molar-refractivity contribution in [1.29, 1.82) is 0 Å². The number of hydrogen-bond acceptors (Lipinski definition) is 3. The molecule has 0 aromatic carbocycles. The monoisotopic (exact) mass is 261 g/mol. The molecule has 0 bridgehead atoms. The van der Waals surface area contributed by atoms with Gasteiger partial charge in [-0.05, 0) is 43.4 Å². The van der Waals surface area contributed by atoms with Gasteiger partial charge in [-0.3, -0.25) is 9.88 Å². The van der Waals surface area contributed by atoms with E-state index in [2.05, 4.69) is 36.8 Å². The van der Waals surface area contributed by atoms with E-state index in [1.807, 2.05) is 18.5 Å². The Morgan fingerprint density at radius 1 is 1.42 bits per heavy atom. The fraction of sp³-hybridized carbons (Fsp3) is 0.688. The molecule has 1 fully saturated rings. The van der Waals surface area contributed by atoms with E-state index in [9.17, 15) is 0 Å². The van der Waals surface area contributed by atoms with Gasteiger partial charge < -0.3 is 5.73 Å². The van der Waals surface area contributed by atoms with Crippen molar-refractivity contribution in [3.05, 3.63) is 30.1 Å². The highest BCUT2D eigenvalue weighted by Gasteiger charge is 2.42. The number of aromatic nitrogens is 1. The molecular formula is C16H27N3. The van der Waals surface area contributed by atoms with Crippen LogP contribution in [0, 0.1) is 11.8 Å². The predicted molar refractivity (Wildman–Crippen MR) is 79.7 cm³/mol. The zero-order valence-electron chi connectivity index (χ0n) is 12.5. The minimum absolute atomic E-state index is 0.146. The van der Waals surface area contributed by atoms with Crippen molar-refractivity contribution in [2.75, 3.05) is 13.6 Å². The topological polar surface area (TPSA) is 42.1 Å². The lowest BCUT2D eigenvalue weighted by Gasteiger charge is -2.50. The summed E-state index contributed by atoms with van der Waals surface area (Å²) >= 11 is 0. The van der Waals surface area contributed by atoms with Gasteiger partial charge in [0.25, 0.3) is 0 Å². The first-order chi connectivity index (χ1) is 9.08. The van der Waals surface area contributed by atoms with Crippen molar-refractivity contribution in [2.45, 2.75) is 45.2 Å². The number of nitrogens with two attached hydrogens (primary N) is 1. The second-order valence-corrected chi connectivity index (χ2v) is 6.31. The van der Waals surface area contributed by atoms with Crippen LogP contribution in [-0.2, 0) is 6.54 Å². The highest BCUT2D eigenvalue weighted by Crippen LogP contribution is 2.40. The molecule has 1 saturated carbocycles. The Balaban J connectivity index is 2.15. The van der Waals surface area contributed by atoms with Crippen LogP contribution < -0.4 is 5.73 Å². The van der Waals surface area contributed by atoms with Gasteiger partial charge in [0.05, 0.1) is 0 Å². The highest BCUT2D eigenvalue weighted by atomic mass is 15.2. The second-order valence-electron chi connectivity index (χ2n) is 6.31. The summed E-state index contributed by atoms with van der Waals surface area (Å²) in [5.41, 5.74) is 7.60. The van der Waals surface area contributed by atoms with Gasteiger partial charge in [-0.2, -0.15) is 0 Å². The second kappa shape index (κ2) is 6.02. The Labute approximate surface area is 117 Å². The third kappa shape index (κ3) is 2.98. The van der Waals surface area contributed by atoms with E-state index < -0.39 is 0 Å². The molecule has 0 radical (unpaired) electrons. The molecule has 1 aromatic heterocycles. The van der Waals surface area contributed by atoms with Crippen molar-refractivity contribution in [3.8, 4) is 0 Å². The Bertz CT molecular complexity index is 392. The number of rotatable bonds is 4. The molecule has 0 saturated heterocycles. The highest BCUT2D eigenvalue weighted by molar-refractivity contribution is 5.10. The molecule has 2 rings (SSSR count). The van der Waals surface area contributed by atoms with Crippen molar-refractivity contribution in [1.82, 2.24) is 9.88 Å². The van der Waals surface area contributed by atoms with Crippen LogP contribution in [-0.4, -0.2) is 29.0 Å². The Morgan fingerprint density at radius 3 is 2.84 bits per heavy atom. The van der Waals surface area contributed by atoms with Crippen LogP contribution in [0.1, 0.15) is 38.7 Å². The maximum absolute atomic E-state index is 6.19. The average molecular weight is 261 g/mol. The van der Waals surface area contributed by atoms with Crippen LogP contribution in [0.25, 0.3) is 0 Å². The molecule has 0 amide bonds. The first kappa shape index (κ1) is 14.5. The van der Waals surface area contributed by atoms with E-state index in [1.54, 1.807) is 0 Å². The van der Waals surface area contributed by atoms with E-state index >= 15 is 0 Å². The molecule has 2 N–H and O–H groups in total. The van der Waals surface area contributed by atoms with E-state index in [1.165, 1.54) is 24.8 Å². The Morgan fingerprint density at radius 2 is 2.21 bits per heavy atom. The van der Waals surface area contributed by atoms with Crippen LogP contribution in [0.5, 0.6) is 0 Å². The van der Waals surface area contributed by atoms with Crippen LogP contribution >= 0.6 is 0 Å². The van der Waals surface area contributed by atoms with Crippen molar-refractivity contribution in [2.24, 2.45) is 17.6 Å². The first-order valence-electron chi connectivity index (χ1n) is 7.38. The first-order valence-corrected chi connectivity index (χ1v) is 7.38. The van der Waals surface area contributed by atoms with Crippen LogP contribution in [0.4, 0.5) is 0 Å². The van der Waals surface area contributed by atoms with Crippen molar-refractivity contribution >= 4 is 0 Å². The summed E-state index contributed by atoms with van der Waals surface area (Å²) in [6.45, 7) is 6.39. The molecule has 19 heavy (non-hydrogen) atoms. The van der Waals surface area contributed by atoms with Gasteiger partial charge in [-0.1, -0.05) is 26.3 Å². The maximum Gasteiger partial charge on any atom is 0.0360 e. The molecular weight excluding hydrogens is 234 g/mol. The zero-order valence-corrected chi connectivity index (χ0v) is 12.5. The molecule has 1 aliphatic carbocycles. The van der Waals surface area contributed by atoms with Gasteiger partial charge in [0, 0.05) is 31.0 Å². The number of pyridine rings is 1. The number of likely N-dealkylation sites (N-methyl/N-ethyl adjacent to an activating group) is 1. The molecule has 3 nitrogen and oxygen atoms in total. The van der Waals surface area contributed by atoms with Gasteiger partial charge in [0.2, 0.25) is 0 Å². The average Bonchev–Trinajstić information content (AvgIpc) is 2.42. The fourth-order valence-electron chi connectivity index (χ4n) is 3.61. The third-order valence-electron chi connectivity index (χ3n) is 4.97. The molecule has 1 heterocycles. The van der Waals surface area contributed by atoms with Crippen molar-refractivity contribution in [3.63, 3.8) is 0 Å². The van der Waals surface area contributed by atoms with E-state index in [-0.39, 0.29) is 5.54 Å². The molecule has 3 unspecified atom stereocenters. The summed E-state index contributed by atoms with van der Waals surface area (Å²) in [4.78, 5) is 6.67. The summed E-state index contributed by atoms with van der Waals surface area (Å²) in [7, 11) is 2.22. The van der Waals surface area contributed by atoms with E-state index in [0.717, 1.165) is 19.0 Å². The van der Waals surface area contributed by atoms with Gasteiger partial charge in [0.15, 0.2) is 0 Å². The molecule has 1 aliphatic rings. The van der Waals surface area contributed by atoms with Gasteiger partial charge in [0.1, 0.15) is 0 Å². The normalized spacial score (nSPS) is 31.6. The Hall–Kier alpha value is -0.930. The van der Waals surface area contributed by atoms with Gasteiger partial charge >= 0.3 is 0 Å². The molecule has 3 heteroatoms. The Kier molecular flexibility index (Phi) is 4.58. The summed E-state index contributed by atoms with van der Waals surface area (Å²) in [5.74, 6) is 1.44. The van der Waals surface area contributed by atoms with Crippen LogP contribution in [0.2, 0.25) is 0 Å². The lowest BCUT2D eigenvalue weighted by Crippen LogP contribution is -2.58. The zero-order chi connectivity index (χ0) is 13.9. The largest absolute Gasteiger partial charge is 0.329 e. The molecule has 0 spiro atoms. The van der Waals surface area contributed by atoms with E-state index in [0.29, 0.717) is 5.92 Å². The molecule has 106 valence electrons.